The van der Waals surface area contributed by atoms with Crippen molar-refractivity contribution in [2.24, 2.45) is 5.92 Å². The average Bonchev–Trinajstić information content (AvgIpc) is 3.17. The molecule has 0 spiro atoms. The van der Waals surface area contributed by atoms with E-state index < -0.39 is 15.1 Å². The van der Waals surface area contributed by atoms with E-state index in [2.05, 4.69) is 5.32 Å². The highest BCUT2D eigenvalue weighted by Crippen LogP contribution is 2.30. The molecular weight excluding hydrogens is 350 g/mol. The molecule has 1 saturated carbocycles. The Hall–Kier alpha value is -2.08. The molecule has 1 N–H and O–H groups in total. The standard InChI is InChI=1S/C20H25NO4S/c1-15-9-11-17(12-10-15)26(23,24)19(18-8-5-13-25-18)14-21-20(22)16-6-3-2-4-7-16/h5,8-13,16,19H,2-4,6-7,14H2,1H3,(H,21,22)/t19-/m0/s1. The third-order valence-electron chi connectivity index (χ3n) is 5.02. The summed E-state index contributed by atoms with van der Waals surface area (Å²) in [6.45, 7) is 1.92. The quantitative estimate of drug-likeness (QED) is 0.833. The topological polar surface area (TPSA) is 76.4 Å². The number of hydrogen-bond acceptors (Lipinski definition) is 4. The summed E-state index contributed by atoms with van der Waals surface area (Å²) in [5.74, 6) is 0.276. The molecule has 140 valence electrons. The highest BCUT2D eigenvalue weighted by molar-refractivity contribution is 7.91. The van der Waals surface area contributed by atoms with Gasteiger partial charge in [-0.2, -0.15) is 0 Å². The molecule has 3 rings (SSSR count). The Morgan fingerprint density at radius 1 is 1.15 bits per heavy atom. The molecule has 1 aromatic heterocycles. The van der Waals surface area contributed by atoms with E-state index >= 15 is 0 Å². The second kappa shape index (κ2) is 8.08. The maximum absolute atomic E-state index is 13.1. The van der Waals surface area contributed by atoms with E-state index in [0.717, 1.165) is 31.2 Å². The first kappa shape index (κ1) is 18.7. The number of furan rings is 1. The van der Waals surface area contributed by atoms with Crippen molar-refractivity contribution < 1.29 is 17.6 Å². The molecule has 1 aliphatic carbocycles. The molecule has 5 nitrogen and oxygen atoms in total. The van der Waals surface area contributed by atoms with E-state index in [1.165, 1.54) is 12.7 Å². The first-order valence-electron chi connectivity index (χ1n) is 9.10. The van der Waals surface area contributed by atoms with Crippen molar-refractivity contribution in [1.82, 2.24) is 5.32 Å². The van der Waals surface area contributed by atoms with Gasteiger partial charge < -0.3 is 9.73 Å². The Balaban J connectivity index is 1.79. The lowest BCUT2D eigenvalue weighted by Crippen LogP contribution is -2.36. The minimum Gasteiger partial charge on any atom is -0.468 e. The molecule has 6 heteroatoms. The maximum Gasteiger partial charge on any atom is 0.223 e. The van der Waals surface area contributed by atoms with Crippen LogP contribution in [0.3, 0.4) is 0 Å². The summed E-state index contributed by atoms with van der Waals surface area (Å²) in [6.07, 6.45) is 6.49. The van der Waals surface area contributed by atoms with Crippen molar-refractivity contribution in [1.29, 1.82) is 0 Å². The highest BCUT2D eigenvalue weighted by atomic mass is 32.2. The van der Waals surface area contributed by atoms with Crippen LogP contribution in [0, 0.1) is 12.8 Å². The second-order valence-corrected chi connectivity index (χ2v) is 9.07. The van der Waals surface area contributed by atoms with Crippen molar-refractivity contribution in [2.45, 2.75) is 49.2 Å². The van der Waals surface area contributed by atoms with Crippen molar-refractivity contribution >= 4 is 15.7 Å². The molecule has 1 amide bonds. The van der Waals surface area contributed by atoms with E-state index in [1.807, 2.05) is 6.92 Å². The van der Waals surface area contributed by atoms with Gasteiger partial charge in [-0.15, -0.1) is 0 Å². The van der Waals surface area contributed by atoms with E-state index in [-0.39, 0.29) is 23.3 Å². The second-order valence-electron chi connectivity index (χ2n) is 6.94. The molecule has 1 atom stereocenters. The molecule has 1 aromatic carbocycles. The number of nitrogens with one attached hydrogen (secondary N) is 1. The van der Waals surface area contributed by atoms with Crippen molar-refractivity contribution in [3.8, 4) is 0 Å². The number of carbonyl (C=O) groups excluding carboxylic acids is 1. The van der Waals surface area contributed by atoms with E-state index in [0.29, 0.717) is 5.76 Å². The SMILES string of the molecule is Cc1ccc(S(=O)(=O)[C@@H](CNC(=O)C2CCCCC2)c2ccco2)cc1. The first-order valence-corrected chi connectivity index (χ1v) is 10.6. The monoisotopic (exact) mass is 375 g/mol. The summed E-state index contributed by atoms with van der Waals surface area (Å²) >= 11 is 0. The smallest absolute Gasteiger partial charge is 0.223 e. The lowest BCUT2D eigenvalue weighted by Gasteiger charge is -2.22. The number of sulfone groups is 1. The van der Waals surface area contributed by atoms with Gasteiger partial charge >= 0.3 is 0 Å². The number of hydrogen-bond donors (Lipinski definition) is 1. The first-order chi connectivity index (χ1) is 12.5. The minimum atomic E-state index is -3.68. The van der Waals surface area contributed by atoms with Gasteiger partial charge in [0.15, 0.2) is 9.84 Å². The number of amides is 1. The fourth-order valence-corrected chi connectivity index (χ4v) is 5.02. The zero-order valence-electron chi connectivity index (χ0n) is 15.0. The van der Waals surface area contributed by atoms with Crippen LogP contribution < -0.4 is 5.32 Å². The number of rotatable bonds is 6. The molecule has 1 fully saturated rings. The summed E-state index contributed by atoms with van der Waals surface area (Å²) < 4.78 is 31.6. The summed E-state index contributed by atoms with van der Waals surface area (Å²) in [5, 5.41) is 1.91. The van der Waals surface area contributed by atoms with Crippen LogP contribution in [0.1, 0.15) is 48.7 Å². The van der Waals surface area contributed by atoms with Gasteiger partial charge in [0.2, 0.25) is 5.91 Å². The molecule has 1 aliphatic rings. The third kappa shape index (κ3) is 4.18. The summed E-state index contributed by atoms with van der Waals surface area (Å²) in [6, 6.07) is 10.0. The summed E-state index contributed by atoms with van der Waals surface area (Å²) in [4.78, 5) is 12.7. The number of benzene rings is 1. The van der Waals surface area contributed by atoms with E-state index in [9.17, 15) is 13.2 Å². The molecule has 0 radical (unpaired) electrons. The normalized spacial score (nSPS) is 17.0. The van der Waals surface area contributed by atoms with Gasteiger partial charge in [0, 0.05) is 12.5 Å². The Labute approximate surface area is 154 Å². The van der Waals surface area contributed by atoms with Gasteiger partial charge in [-0.25, -0.2) is 8.42 Å². The van der Waals surface area contributed by atoms with Gasteiger partial charge in [-0.05, 0) is 44.0 Å². The third-order valence-corrected chi connectivity index (χ3v) is 7.10. The Morgan fingerprint density at radius 3 is 2.46 bits per heavy atom. The molecule has 0 saturated heterocycles. The summed E-state index contributed by atoms with van der Waals surface area (Å²) in [7, 11) is -3.68. The van der Waals surface area contributed by atoms with Crippen LogP contribution in [0.5, 0.6) is 0 Å². The summed E-state index contributed by atoms with van der Waals surface area (Å²) in [5.41, 5.74) is 0.990. The van der Waals surface area contributed by atoms with E-state index in [1.54, 1.807) is 36.4 Å². The maximum atomic E-state index is 13.1. The van der Waals surface area contributed by atoms with Crippen LogP contribution in [-0.2, 0) is 14.6 Å². The molecule has 0 bridgehead atoms. The highest BCUT2D eigenvalue weighted by Gasteiger charge is 2.32. The van der Waals surface area contributed by atoms with Gasteiger partial charge in [-0.3, -0.25) is 4.79 Å². The number of carbonyl (C=O) groups is 1. The van der Waals surface area contributed by atoms with Crippen molar-refractivity contribution in [3.63, 3.8) is 0 Å². The zero-order valence-corrected chi connectivity index (χ0v) is 15.8. The molecule has 2 aromatic rings. The van der Waals surface area contributed by atoms with Crippen LogP contribution in [0.4, 0.5) is 0 Å². The van der Waals surface area contributed by atoms with Crippen molar-refractivity contribution in [2.75, 3.05) is 6.54 Å². The molecule has 0 unspecified atom stereocenters. The van der Waals surface area contributed by atoms with Crippen LogP contribution in [0.2, 0.25) is 0 Å². The van der Waals surface area contributed by atoms with Crippen molar-refractivity contribution in [3.05, 3.63) is 54.0 Å². The molecule has 0 aliphatic heterocycles. The minimum absolute atomic E-state index is 0.0110. The molecule has 1 heterocycles. The van der Waals surface area contributed by atoms with Crippen LogP contribution >= 0.6 is 0 Å². The predicted octanol–water partition coefficient (Wildman–Crippen LogP) is 3.80. The van der Waals surface area contributed by atoms with Crippen LogP contribution in [0.25, 0.3) is 0 Å². The molecule has 26 heavy (non-hydrogen) atoms. The average molecular weight is 375 g/mol. The van der Waals surface area contributed by atoms with Gasteiger partial charge in [0.05, 0.1) is 11.2 Å². The fourth-order valence-electron chi connectivity index (χ4n) is 3.43. The van der Waals surface area contributed by atoms with Gasteiger partial charge in [-0.1, -0.05) is 37.0 Å². The van der Waals surface area contributed by atoms with Crippen LogP contribution in [-0.4, -0.2) is 20.9 Å². The van der Waals surface area contributed by atoms with Gasteiger partial charge in [0.1, 0.15) is 11.0 Å². The largest absolute Gasteiger partial charge is 0.468 e. The number of aryl methyl sites for hydroxylation is 1. The fraction of sp³-hybridized carbons (Fsp3) is 0.450. The Kier molecular flexibility index (Phi) is 5.81. The lowest BCUT2D eigenvalue weighted by atomic mass is 9.89. The van der Waals surface area contributed by atoms with E-state index in [4.69, 9.17) is 4.42 Å². The Bertz CT molecular complexity index is 819. The predicted molar refractivity (Wildman–Crippen MR) is 99.4 cm³/mol. The Morgan fingerprint density at radius 2 is 1.85 bits per heavy atom. The van der Waals surface area contributed by atoms with Gasteiger partial charge in [0.25, 0.3) is 0 Å². The lowest BCUT2D eigenvalue weighted by molar-refractivity contribution is -0.125. The van der Waals surface area contributed by atoms with Crippen LogP contribution in [0.15, 0.2) is 52.0 Å². The zero-order chi connectivity index (χ0) is 18.6. The molecular formula is C20H25NO4S.